The van der Waals surface area contributed by atoms with Crippen LogP contribution in [0.1, 0.15) is 45.2 Å². The minimum Gasteiger partial charge on any atom is -0.496 e. The summed E-state index contributed by atoms with van der Waals surface area (Å²) < 4.78 is 13.8. The van der Waals surface area contributed by atoms with E-state index in [1.807, 2.05) is 6.92 Å². The van der Waals surface area contributed by atoms with Crippen molar-refractivity contribution >= 4 is 43.4 Å². The summed E-state index contributed by atoms with van der Waals surface area (Å²) in [7, 11) is 2.95. The third-order valence-electron chi connectivity index (χ3n) is 5.01. The van der Waals surface area contributed by atoms with E-state index in [0.717, 1.165) is 6.42 Å². The number of methoxy groups -OCH3 is 2. The van der Waals surface area contributed by atoms with E-state index >= 15 is 0 Å². The number of carbonyl (C=O) groups is 2. The summed E-state index contributed by atoms with van der Waals surface area (Å²) in [6.45, 7) is 2.69. The van der Waals surface area contributed by atoms with Crippen molar-refractivity contribution in [2.24, 2.45) is 0 Å². The standard InChI is InChI=1S/C21H17Br2N3O4/c1-4-7-26-13(9-24-25-26)10-8-12(23)16-18(21(10)30-3)20(28)17-14(29-2)6-5-11(22)15(17)19(16)27/h5-6,8-9H,4,7H2,1-3H3. The second kappa shape index (κ2) is 7.96. The van der Waals surface area contributed by atoms with Gasteiger partial charge in [0.1, 0.15) is 11.5 Å². The Hall–Kier alpha value is -2.52. The molecule has 30 heavy (non-hydrogen) atoms. The number of fused-ring (bicyclic) bond motifs is 2. The maximum atomic E-state index is 13.7. The molecule has 7 nitrogen and oxygen atoms in total. The first-order valence-electron chi connectivity index (χ1n) is 9.19. The first kappa shape index (κ1) is 20.7. The maximum Gasteiger partial charge on any atom is 0.202 e. The summed E-state index contributed by atoms with van der Waals surface area (Å²) >= 11 is 6.90. The molecule has 0 saturated heterocycles. The van der Waals surface area contributed by atoms with Gasteiger partial charge < -0.3 is 9.47 Å². The van der Waals surface area contributed by atoms with E-state index in [2.05, 4.69) is 42.2 Å². The number of aromatic nitrogens is 3. The highest BCUT2D eigenvalue weighted by Gasteiger charge is 2.39. The molecule has 154 valence electrons. The minimum atomic E-state index is -0.341. The van der Waals surface area contributed by atoms with Crippen LogP contribution in [0.5, 0.6) is 11.5 Å². The zero-order valence-electron chi connectivity index (χ0n) is 16.5. The largest absolute Gasteiger partial charge is 0.496 e. The lowest BCUT2D eigenvalue weighted by Crippen LogP contribution is -2.24. The van der Waals surface area contributed by atoms with Gasteiger partial charge in [0, 0.05) is 21.1 Å². The lowest BCUT2D eigenvalue weighted by Gasteiger charge is -2.25. The molecule has 0 saturated carbocycles. The van der Waals surface area contributed by atoms with E-state index in [-0.39, 0.29) is 33.8 Å². The highest BCUT2D eigenvalue weighted by Crippen LogP contribution is 2.46. The van der Waals surface area contributed by atoms with Gasteiger partial charge in [-0.25, -0.2) is 4.68 Å². The molecule has 1 aliphatic rings. The molecular weight excluding hydrogens is 518 g/mol. The van der Waals surface area contributed by atoms with Crippen molar-refractivity contribution < 1.29 is 19.1 Å². The molecule has 4 rings (SSSR count). The van der Waals surface area contributed by atoms with Crippen LogP contribution in [0.2, 0.25) is 0 Å². The fourth-order valence-electron chi connectivity index (χ4n) is 3.74. The number of nitrogens with zero attached hydrogens (tertiary/aromatic N) is 3. The maximum absolute atomic E-state index is 13.7. The Balaban J connectivity index is 2.05. The fourth-order valence-corrected chi connectivity index (χ4v) is 4.86. The predicted molar refractivity (Wildman–Crippen MR) is 118 cm³/mol. The number of ether oxygens (including phenoxy) is 2. The van der Waals surface area contributed by atoms with Crippen molar-refractivity contribution in [2.75, 3.05) is 14.2 Å². The van der Waals surface area contributed by atoms with Crippen molar-refractivity contribution in [2.45, 2.75) is 19.9 Å². The van der Waals surface area contributed by atoms with Crippen LogP contribution < -0.4 is 9.47 Å². The van der Waals surface area contributed by atoms with Gasteiger partial charge in [-0.15, -0.1) is 5.10 Å². The number of aryl methyl sites for hydroxylation is 1. The molecule has 0 fully saturated rings. The first-order chi connectivity index (χ1) is 14.4. The highest BCUT2D eigenvalue weighted by atomic mass is 79.9. The van der Waals surface area contributed by atoms with Gasteiger partial charge >= 0.3 is 0 Å². The van der Waals surface area contributed by atoms with E-state index in [1.165, 1.54) is 14.2 Å². The van der Waals surface area contributed by atoms with E-state index in [1.54, 1.807) is 29.1 Å². The summed E-state index contributed by atoms with van der Waals surface area (Å²) in [4.78, 5) is 27.1. The molecule has 1 aromatic heterocycles. The molecular formula is C21H17Br2N3O4. The molecule has 0 atom stereocenters. The van der Waals surface area contributed by atoms with Crippen LogP contribution >= 0.6 is 31.9 Å². The molecule has 0 bridgehead atoms. The fraction of sp³-hybridized carbons (Fsp3) is 0.238. The number of carbonyl (C=O) groups excluding carboxylic acids is 2. The Kier molecular flexibility index (Phi) is 5.50. The third-order valence-corrected chi connectivity index (χ3v) is 6.30. The molecule has 3 aromatic rings. The van der Waals surface area contributed by atoms with Gasteiger partial charge in [-0.3, -0.25) is 9.59 Å². The van der Waals surface area contributed by atoms with Gasteiger partial charge in [0.05, 0.1) is 48.4 Å². The van der Waals surface area contributed by atoms with Crippen molar-refractivity contribution in [1.29, 1.82) is 0 Å². The minimum absolute atomic E-state index is 0.194. The second-order valence-corrected chi connectivity index (χ2v) is 8.40. The molecule has 1 aliphatic carbocycles. The van der Waals surface area contributed by atoms with E-state index < -0.39 is 0 Å². The van der Waals surface area contributed by atoms with E-state index in [9.17, 15) is 9.59 Å². The highest BCUT2D eigenvalue weighted by molar-refractivity contribution is 9.11. The topological polar surface area (TPSA) is 83.3 Å². The summed E-state index contributed by atoms with van der Waals surface area (Å²) in [5, 5.41) is 8.13. The lowest BCUT2D eigenvalue weighted by molar-refractivity contribution is 0.0973. The van der Waals surface area contributed by atoms with Crippen LogP contribution in [0.3, 0.4) is 0 Å². The molecule has 1 heterocycles. The lowest BCUT2D eigenvalue weighted by atomic mass is 9.82. The number of rotatable bonds is 5. The molecule has 0 N–H and O–H groups in total. The molecule has 0 unspecified atom stereocenters. The van der Waals surface area contributed by atoms with E-state index in [4.69, 9.17) is 9.47 Å². The van der Waals surface area contributed by atoms with Crippen LogP contribution in [0.25, 0.3) is 11.3 Å². The number of halogens is 2. The smallest absolute Gasteiger partial charge is 0.202 e. The average molecular weight is 535 g/mol. The summed E-state index contributed by atoms with van der Waals surface area (Å²) in [6.07, 6.45) is 2.48. The summed E-state index contributed by atoms with van der Waals surface area (Å²) in [5.74, 6) is 0.00584. The Morgan fingerprint density at radius 3 is 2.33 bits per heavy atom. The SMILES string of the molecule is CCCn1nncc1-c1cc(Br)c2c(c1OC)C(=O)c1c(OC)ccc(Br)c1C2=O. The van der Waals surface area contributed by atoms with Crippen molar-refractivity contribution in [3.63, 3.8) is 0 Å². The molecule has 0 aliphatic heterocycles. The van der Waals surface area contributed by atoms with Crippen LogP contribution in [0, 0.1) is 0 Å². The van der Waals surface area contributed by atoms with Gasteiger partial charge in [-0.1, -0.05) is 28.1 Å². The third kappa shape index (κ3) is 2.99. The first-order valence-corrected chi connectivity index (χ1v) is 10.8. The van der Waals surface area contributed by atoms with Gasteiger partial charge in [0.25, 0.3) is 0 Å². The predicted octanol–water partition coefficient (Wildman–Crippen LogP) is 4.67. The number of hydrogen-bond acceptors (Lipinski definition) is 6. The zero-order chi connectivity index (χ0) is 21.6. The Morgan fingerprint density at radius 2 is 1.67 bits per heavy atom. The van der Waals surface area contributed by atoms with Crippen LogP contribution in [-0.2, 0) is 6.54 Å². The molecule has 0 spiro atoms. The van der Waals surface area contributed by atoms with Crippen molar-refractivity contribution in [3.8, 4) is 22.8 Å². The van der Waals surface area contributed by atoms with Crippen molar-refractivity contribution in [1.82, 2.24) is 15.0 Å². The Morgan fingerprint density at radius 1 is 0.967 bits per heavy atom. The number of hydrogen-bond donors (Lipinski definition) is 0. The Bertz CT molecular complexity index is 1200. The monoisotopic (exact) mass is 533 g/mol. The normalized spacial score (nSPS) is 12.6. The van der Waals surface area contributed by atoms with Gasteiger partial charge in [-0.05, 0) is 40.5 Å². The zero-order valence-corrected chi connectivity index (χ0v) is 19.6. The van der Waals surface area contributed by atoms with Gasteiger partial charge in [0.2, 0.25) is 5.78 Å². The molecule has 0 amide bonds. The molecule has 2 aromatic carbocycles. The second-order valence-electron chi connectivity index (χ2n) is 6.69. The van der Waals surface area contributed by atoms with Crippen LogP contribution in [0.4, 0.5) is 0 Å². The summed E-state index contributed by atoms with van der Waals surface area (Å²) in [5.41, 5.74) is 2.27. The van der Waals surface area contributed by atoms with Crippen molar-refractivity contribution in [3.05, 3.63) is 55.6 Å². The molecule has 0 radical (unpaired) electrons. The van der Waals surface area contributed by atoms with Gasteiger partial charge in [-0.2, -0.15) is 0 Å². The quantitative estimate of drug-likeness (QED) is 0.370. The van der Waals surface area contributed by atoms with E-state index in [0.29, 0.717) is 38.2 Å². The average Bonchev–Trinajstić information content (AvgIpc) is 3.19. The number of ketones is 2. The Labute approximate surface area is 189 Å². The van der Waals surface area contributed by atoms with Crippen LogP contribution in [-0.4, -0.2) is 40.8 Å². The number of benzene rings is 2. The van der Waals surface area contributed by atoms with Gasteiger partial charge in [0.15, 0.2) is 5.78 Å². The van der Waals surface area contributed by atoms with Crippen LogP contribution in [0.15, 0.2) is 33.3 Å². The summed E-state index contributed by atoms with van der Waals surface area (Å²) in [6, 6.07) is 5.12. The molecule has 9 heteroatoms.